The summed E-state index contributed by atoms with van der Waals surface area (Å²) in [4.78, 5) is 14.3. The Morgan fingerprint density at radius 3 is 2.32 bits per heavy atom. The standard InChI is InChI=1S/C25H25N3O3/c29-25(19-31-24-12-8-22(9-13-24)21-4-2-1-3-5-21)27-26-18-20-6-10-23(11-7-20)28-14-16-30-17-15-28/h1-13,18H,14-17,19H2,(H,27,29)/b26-18+. The Balaban J connectivity index is 1.22. The number of carbonyl (C=O) groups is 1. The molecule has 0 atom stereocenters. The van der Waals surface area contributed by atoms with Gasteiger partial charge in [0.15, 0.2) is 6.61 Å². The third-order valence-electron chi connectivity index (χ3n) is 5.00. The first-order valence-corrected chi connectivity index (χ1v) is 10.3. The van der Waals surface area contributed by atoms with E-state index in [1.54, 1.807) is 6.21 Å². The largest absolute Gasteiger partial charge is 0.484 e. The van der Waals surface area contributed by atoms with Crippen LogP contribution in [-0.2, 0) is 9.53 Å². The lowest BCUT2D eigenvalue weighted by Crippen LogP contribution is -2.36. The van der Waals surface area contributed by atoms with Gasteiger partial charge in [-0.2, -0.15) is 5.10 Å². The summed E-state index contributed by atoms with van der Waals surface area (Å²) in [7, 11) is 0. The topological polar surface area (TPSA) is 63.2 Å². The smallest absolute Gasteiger partial charge is 0.277 e. The molecular weight excluding hydrogens is 390 g/mol. The van der Waals surface area contributed by atoms with E-state index in [0.717, 1.165) is 48.7 Å². The number of rotatable bonds is 7. The summed E-state index contributed by atoms with van der Waals surface area (Å²) in [6.07, 6.45) is 1.62. The van der Waals surface area contributed by atoms with Crippen molar-refractivity contribution in [1.82, 2.24) is 5.43 Å². The Morgan fingerprint density at radius 2 is 1.61 bits per heavy atom. The van der Waals surface area contributed by atoms with Crippen molar-refractivity contribution in [1.29, 1.82) is 0 Å². The second-order valence-electron chi connectivity index (χ2n) is 7.16. The van der Waals surface area contributed by atoms with Crippen LogP contribution in [0.5, 0.6) is 5.75 Å². The number of nitrogens with one attached hydrogen (secondary N) is 1. The van der Waals surface area contributed by atoms with Crippen molar-refractivity contribution in [2.45, 2.75) is 0 Å². The Bertz CT molecular complexity index is 996. The molecule has 1 N–H and O–H groups in total. The predicted molar refractivity (Wildman–Crippen MR) is 123 cm³/mol. The van der Waals surface area contributed by atoms with Crippen molar-refractivity contribution in [3.63, 3.8) is 0 Å². The van der Waals surface area contributed by atoms with Crippen LogP contribution in [0.1, 0.15) is 5.56 Å². The molecule has 1 fully saturated rings. The van der Waals surface area contributed by atoms with E-state index in [1.807, 2.05) is 54.6 Å². The normalized spacial score (nSPS) is 13.9. The molecular formula is C25H25N3O3. The van der Waals surface area contributed by atoms with Gasteiger partial charge in [-0.1, -0.05) is 54.6 Å². The van der Waals surface area contributed by atoms with Crippen LogP contribution in [0.15, 0.2) is 84.0 Å². The SMILES string of the molecule is O=C(COc1ccc(-c2ccccc2)cc1)N/N=C/c1ccc(N2CCOCC2)cc1. The van der Waals surface area contributed by atoms with Crippen LogP contribution < -0.4 is 15.1 Å². The van der Waals surface area contributed by atoms with E-state index in [9.17, 15) is 4.79 Å². The van der Waals surface area contributed by atoms with Gasteiger partial charge in [0, 0.05) is 18.8 Å². The van der Waals surface area contributed by atoms with E-state index >= 15 is 0 Å². The van der Waals surface area contributed by atoms with Crippen LogP contribution >= 0.6 is 0 Å². The number of hydrazone groups is 1. The molecule has 0 aromatic heterocycles. The van der Waals surface area contributed by atoms with Gasteiger partial charge in [-0.15, -0.1) is 0 Å². The van der Waals surface area contributed by atoms with Crippen molar-refractivity contribution < 1.29 is 14.3 Å². The summed E-state index contributed by atoms with van der Waals surface area (Å²) >= 11 is 0. The fourth-order valence-electron chi connectivity index (χ4n) is 3.33. The molecule has 1 aliphatic rings. The van der Waals surface area contributed by atoms with Crippen LogP contribution in [0.4, 0.5) is 5.69 Å². The van der Waals surface area contributed by atoms with Crippen molar-refractivity contribution in [3.8, 4) is 16.9 Å². The van der Waals surface area contributed by atoms with Crippen molar-refractivity contribution >= 4 is 17.8 Å². The monoisotopic (exact) mass is 415 g/mol. The van der Waals surface area contributed by atoms with Crippen LogP contribution in [-0.4, -0.2) is 45.0 Å². The first kappa shape index (κ1) is 20.6. The number of anilines is 1. The third-order valence-corrected chi connectivity index (χ3v) is 5.00. The quantitative estimate of drug-likeness (QED) is 0.472. The van der Waals surface area contributed by atoms with Gasteiger partial charge >= 0.3 is 0 Å². The minimum absolute atomic E-state index is 0.0992. The fourth-order valence-corrected chi connectivity index (χ4v) is 3.33. The molecule has 0 radical (unpaired) electrons. The molecule has 0 aliphatic carbocycles. The van der Waals surface area contributed by atoms with Gasteiger partial charge in [0.1, 0.15) is 5.75 Å². The molecule has 3 aromatic rings. The maximum Gasteiger partial charge on any atom is 0.277 e. The zero-order valence-corrected chi connectivity index (χ0v) is 17.2. The molecule has 6 heteroatoms. The minimum atomic E-state index is -0.312. The van der Waals surface area contributed by atoms with Gasteiger partial charge in [0.2, 0.25) is 0 Å². The molecule has 6 nitrogen and oxygen atoms in total. The number of carbonyl (C=O) groups excluding carboxylic acids is 1. The molecule has 4 rings (SSSR count). The first-order chi connectivity index (χ1) is 15.3. The van der Waals surface area contributed by atoms with E-state index in [1.165, 1.54) is 0 Å². The van der Waals surface area contributed by atoms with Gasteiger partial charge in [-0.25, -0.2) is 5.43 Å². The molecule has 0 spiro atoms. The van der Waals surface area contributed by atoms with E-state index in [0.29, 0.717) is 5.75 Å². The molecule has 0 saturated carbocycles. The van der Waals surface area contributed by atoms with E-state index < -0.39 is 0 Å². The molecule has 1 saturated heterocycles. The molecule has 0 unspecified atom stereocenters. The Labute approximate surface area is 182 Å². The highest BCUT2D eigenvalue weighted by Gasteiger charge is 2.10. The van der Waals surface area contributed by atoms with E-state index in [-0.39, 0.29) is 12.5 Å². The maximum absolute atomic E-state index is 12.0. The van der Waals surface area contributed by atoms with Gasteiger partial charge < -0.3 is 14.4 Å². The lowest BCUT2D eigenvalue weighted by molar-refractivity contribution is -0.123. The van der Waals surface area contributed by atoms with Gasteiger partial charge in [-0.05, 0) is 41.0 Å². The van der Waals surface area contributed by atoms with Crippen LogP contribution in [0.25, 0.3) is 11.1 Å². The zero-order chi connectivity index (χ0) is 21.3. The molecule has 3 aromatic carbocycles. The fraction of sp³-hybridized carbons (Fsp3) is 0.200. The number of benzene rings is 3. The number of morpholine rings is 1. The highest BCUT2D eigenvalue weighted by atomic mass is 16.5. The Kier molecular flexibility index (Phi) is 6.92. The van der Waals surface area contributed by atoms with E-state index in [4.69, 9.17) is 9.47 Å². The van der Waals surface area contributed by atoms with Gasteiger partial charge in [-0.3, -0.25) is 4.79 Å². The number of ether oxygens (including phenoxy) is 2. The van der Waals surface area contributed by atoms with Crippen molar-refractivity contribution in [3.05, 3.63) is 84.4 Å². The Morgan fingerprint density at radius 1 is 0.935 bits per heavy atom. The van der Waals surface area contributed by atoms with Crippen molar-refractivity contribution in [2.24, 2.45) is 5.10 Å². The van der Waals surface area contributed by atoms with Gasteiger partial charge in [0.05, 0.1) is 19.4 Å². The minimum Gasteiger partial charge on any atom is -0.484 e. The summed E-state index contributed by atoms with van der Waals surface area (Å²) < 4.78 is 10.9. The average molecular weight is 415 g/mol. The van der Waals surface area contributed by atoms with Crippen molar-refractivity contribution in [2.75, 3.05) is 37.8 Å². The number of hydrogen-bond donors (Lipinski definition) is 1. The average Bonchev–Trinajstić information content (AvgIpc) is 2.85. The highest BCUT2D eigenvalue weighted by Crippen LogP contribution is 2.22. The second-order valence-corrected chi connectivity index (χ2v) is 7.16. The maximum atomic E-state index is 12.0. The lowest BCUT2D eigenvalue weighted by Gasteiger charge is -2.28. The molecule has 1 heterocycles. The third kappa shape index (κ3) is 5.93. The molecule has 1 aliphatic heterocycles. The molecule has 1 amide bonds. The Hall–Kier alpha value is -3.64. The number of nitrogens with zero attached hydrogens (tertiary/aromatic N) is 2. The first-order valence-electron chi connectivity index (χ1n) is 10.3. The van der Waals surface area contributed by atoms with Crippen LogP contribution in [0.2, 0.25) is 0 Å². The predicted octanol–water partition coefficient (Wildman–Crippen LogP) is 3.72. The van der Waals surface area contributed by atoms with Crippen LogP contribution in [0, 0.1) is 0 Å². The van der Waals surface area contributed by atoms with Crippen LogP contribution in [0.3, 0.4) is 0 Å². The summed E-state index contributed by atoms with van der Waals surface area (Å²) in [6.45, 7) is 3.22. The second kappa shape index (κ2) is 10.4. The summed E-state index contributed by atoms with van der Waals surface area (Å²) in [5.41, 5.74) is 6.81. The van der Waals surface area contributed by atoms with Gasteiger partial charge in [0.25, 0.3) is 5.91 Å². The lowest BCUT2D eigenvalue weighted by atomic mass is 10.1. The summed E-state index contributed by atoms with van der Waals surface area (Å²) in [6, 6.07) is 25.8. The molecule has 158 valence electrons. The van der Waals surface area contributed by atoms with E-state index in [2.05, 4.69) is 39.7 Å². The summed E-state index contributed by atoms with van der Waals surface area (Å²) in [5.74, 6) is 0.325. The molecule has 0 bridgehead atoms. The number of amides is 1. The summed E-state index contributed by atoms with van der Waals surface area (Å²) in [5, 5.41) is 4.01. The highest BCUT2D eigenvalue weighted by molar-refractivity contribution is 5.83. The molecule has 31 heavy (non-hydrogen) atoms. The number of hydrogen-bond acceptors (Lipinski definition) is 5. The zero-order valence-electron chi connectivity index (χ0n) is 17.2.